The van der Waals surface area contributed by atoms with E-state index in [0.717, 1.165) is 29.0 Å². The molecule has 0 aliphatic carbocycles. The number of aryl methyl sites for hydroxylation is 1. The smallest absolute Gasteiger partial charge is 0.242 e. The highest BCUT2D eigenvalue weighted by Crippen LogP contribution is 2.33. The number of imidazole rings is 1. The molecule has 3 heterocycles. The fourth-order valence-electron chi connectivity index (χ4n) is 4.66. The minimum atomic E-state index is -0.0572. The summed E-state index contributed by atoms with van der Waals surface area (Å²) in [6, 6.07) is 16.1. The number of para-hydroxylation sites is 2. The first kappa shape index (κ1) is 20.7. The van der Waals surface area contributed by atoms with Gasteiger partial charge in [0.25, 0.3) is 0 Å². The molecule has 1 atom stereocenters. The number of rotatable bonds is 5. The quantitative estimate of drug-likeness (QED) is 0.622. The lowest BCUT2D eigenvalue weighted by Crippen LogP contribution is -2.42. The molecule has 0 spiro atoms. The number of morpholine rings is 1. The first-order chi connectivity index (χ1) is 15.6. The third-order valence-electron chi connectivity index (χ3n) is 6.49. The second-order valence-electron chi connectivity index (χ2n) is 8.46. The van der Waals surface area contributed by atoms with Gasteiger partial charge in [-0.3, -0.25) is 9.59 Å². The van der Waals surface area contributed by atoms with Gasteiger partial charge in [-0.05, 0) is 36.2 Å². The molecule has 2 amide bonds. The SMILES string of the molecule is CCc1ccc(N2C[C@H](c3nc4ccccc4n3CC(=O)N3CCOCC3)CC2=O)cc1. The maximum atomic E-state index is 13.0. The molecule has 5 rings (SSSR count). The Morgan fingerprint density at radius 1 is 1.09 bits per heavy atom. The average molecular weight is 433 g/mol. The van der Waals surface area contributed by atoms with E-state index in [1.807, 2.05) is 50.8 Å². The van der Waals surface area contributed by atoms with E-state index in [-0.39, 0.29) is 24.3 Å². The molecule has 2 fully saturated rings. The van der Waals surface area contributed by atoms with Crippen LogP contribution in [0.4, 0.5) is 5.69 Å². The van der Waals surface area contributed by atoms with Gasteiger partial charge in [-0.2, -0.15) is 0 Å². The maximum Gasteiger partial charge on any atom is 0.242 e. The lowest BCUT2D eigenvalue weighted by molar-refractivity contribution is -0.135. The molecule has 2 aliphatic heterocycles. The predicted molar refractivity (Wildman–Crippen MR) is 123 cm³/mol. The fraction of sp³-hybridized carbons (Fsp3) is 0.400. The van der Waals surface area contributed by atoms with Crippen molar-refractivity contribution >= 4 is 28.5 Å². The number of carbonyl (C=O) groups is 2. The van der Waals surface area contributed by atoms with E-state index in [2.05, 4.69) is 19.1 Å². The lowest BCUT2D eigenvalue weighted by atomic mass is 10.1. The number of hydrogen-bond acceptors (Lipinski definition) is 4. The normalized spacial score (nSPS) is 19.2. The number of benzene rings is 2. The standard InChI is InChI=1S/C25H28N4O3/c1-2-18-7-9-20(10-8-18)28-16-19(15-23(28)30)25-26-21-5-3-4-6-22(21)29(25)17-24(31)27-11-13-32-14-12-27/h3-10,19H,2,11-17H2,1H3/t19-/m1/s1. The first-order valence-corrected chi connectivity index (χ1v) is 11.3. The third kappa shape index (κ3) is 3.88. The van der Waals surface area contributed by atoms with Gasteiger partial charge in [0.15, 0.2) is 0 Å². The predicted octanol–water partition coefficient (Wildman–Crippen LogP) is 2.98. The topological polar surface area (TPSA) is 67.7 Å². The molecule has 2 aliphatic rings. The molecule has 0 N–H and O–H groups in total. The van der Waals surface area contributed by atoms with Crippen LogP contribution < -0.4 is 4.90 Å². The number of nitrogens with zero attached hydrogens (tertiary/aromatic N) is 4. The number of hydrogen-bond donors (Lipinski definition) is 0. The van der Waals surface area contributed by atoms with E-state index in [1.54, 1.807) is 0 Å². The molecular formula is C25H28N4O3. The number of amides is 2. The molecule has 0 unspecified atom stereocenters. The Labute approximate surface area is 187 Å². The largest absolute Gasteiger partial charge is 0.378 e. The van der Waals surface area contributed by atoms with Gasteiger partial charge in [-0.1, -0.05) is 31.2 Å². The Morgan fingerprint density at radius 3 is 2.59 bits per heavy atom. The number of aromatic nitrogens is 2. The van der Waals surface area contributed by atoms with Crippen molar-refractivity contribution < 1.29 is 14.3 Å². The van der Waals surface area contributed by atoms with Crippen molar-refractivity contribution in [3.63, 3.8) is 0 Å². The number of carbonyl (C=O) groups excluding carboxylic acids is 2. The van der Waals surface area contributed by atoms with Gasteiger partial charge in [0.05, 0.1) is 24.2 Å². The highest BCUT2D eigenvalue weighted by atomic mass is 16.5. The molecule has 7 nitrogen and oxygen atoms in total. The molecule has 2 saturated heterocycles. The molecule has 2 aromatic carbocycles. The second-order valence-corrected chi connectivity index (χ2v) is 8.46. The zero-order chi connectivity index (χ0) is 22.1. The molecule has 0 radical (unpaired) electrons. The highest BCUT2D eigenvalue weighted by Gasteiger charge is 2.35. The van der Waals surface area contributed by atoms with Gasteiger partial charge in [0.1, 0.15) is 12.4 Å². The summed E-state index contributed by atoms with van der Waals surface area (Å²) in [7, 11) is 0. The van der Waals surface area contributed by atoms with Crippen LogP contribution in [0.5, 0.6) is 0 Å². The van der Waals surface area contributed by atoms with Crippen LogP contribution in [0.15, 0.2) is 48.5 Å². The average Bonchev–Trinajstić information content (AvgIpc) is 3.40. The second kappa shape index (κ2) is 8.74. The van der Waals surface area contributed by atoms with Crippen molar-refractivity contribution in [1.82, 2.24) is 14.5 Å². The Hall–Kier alpha value is -3.19. The van der Waals surface area contributed by atoms with Gasteiger partial charge in [0.2, 0.25) is 11.8 Å². The van der Waals surface area contributed by atoms with Crippen LogP contribution >= 0.6 is 0 Å². The van der Waals surface area contributed by atoms with Crippen LogP contribution in [0.25, 0.3) is 11.0 Å². The minimum Gasteiger partial charge on any atom is -0.378 e. The van der Waals surface area contributed by atoms with Gasteiger partial charge < -0.3 is 19.1 Å². The summed E-state index contributed by atoms with van der Waals surface area (Å²) in [5.74, 6) is 0.915. The number of ether oxygens (including phenoxy) is 1. The lowest BCUT2D eigenvalue weighted by Gasteiger charge is -2.27. The van der Waals surface area contributed by atoms with E-state index < -0.39 is 0 Å². The summed E-state index contributed by atoms with van der Waals surface area (Å²) in [5, 5.41) is 0. The van der Waals surface area contributed by atoms with Crippen LogP contribution in [0.1, 0.15) is 30.7 Å². The highest BCUT2D eigenvalue weighted by molar-refractivity contribution is 5.96. The summed E-state index contributed by atoms with van der Waals surface area (Å²) >= 11 is 0. The summed E-state index contributed by atoms with van der Waals surface area (Å²) in [6.07, 6.45) is 1.36. The monoisotopic (exact) mass is 432 g/mol. The molecule has 7 heteroatoms. The minimum absolute atomic E-state index is 0.0572. The summed E-state index contributed by atoms with van der Waals surface area (Å²) < 4.78 is 7.39. The van der Waals surface area contributed by atoms with Gasteiger partial charge in [-0.25, -0.2) is 4.98 Å². The van der Waals surface area contributed by atoms with Crippen molar-refractivity contribution in [3.8, 4) is 0 Å². The molecule has 32 heavy (non-hydrogen) atoms. The first-order valence-electron chi connectivity index (χ1n) is 11.3. The van der Waals surface area contributed by atoms with Crippen molar-refractivity contribution in [2.24, 2.45) is 0 Å². The van der Waals surface area contributed by atoms with Gasteiger partial charge >= 0.3 is 0 Å². The third-order valence-corrected chi connectivity index (χ3v) is 6.49. The van der Waals surface area contributed by atoms with E-state index in [9.17, 15) is 9.59 Å². The summed E-state index contributed by atoms with van der Waals surface area (Å²) in [5.41, 5.74) is 3.96. The van der Waals surface area contributed by atoms with Crippen LogP contribution in [0.3, 0.4) is 0 Å². The Morgan fingerprint density at radius 2 is 1.84 bits per heavy atom. The summed E-state index contributed by atoms with van der Waals surface area (Å²) in [6.45, 7) is 5.30. The Bertz CT molecular complexity index is 1130. The van der Waals surface area contributed by atoms with Gasteiger partial charge in [0, 0.05) is 37.7 Å². The fourth-order valence-corrected chi connectivity index (χ4v) is 4.66. The molecule has 3 aromatic rings. The van der Waals surface area contributed by atoms with Crippen LogP contribution in [-0.4, -0.2) is 59.1 Å². The van der Waals surface area contributed by atoms with Crippen LogP contribution in [0.2, 0.25) is 0 Å². The Kier molecular flexibility index (Phi) is 5.66. The van der Waals surface area contributed by atoms with E-state index in [0.29, 0.717) is 39.3 Å². The zero-order valence-electron chi connectivity index (χ0n) is 18.4. The van der Waals surface area contributed by atoms with E-state index in [1.165, 1.54) is 5.56 Å². The molecular weight excluding hydrogens is 404 g/mol. The van der Waals surface area contributed by atoms with Crippen molar-refractivity contribution in [2.75, 3.05) is 37.7 Å². The van der Waals surface area contributed by atoms with E-state index >= 15 is 0 Å². The molecule has 0 saturated carbocycles. The van der Waals surface area contributed by atoms with Crippen molar-refractivity contribution in [3.05, 3.63) is 59.9 Å². The van der Waals surface area contributed by atoms with Crippen LogP contribution in [-0.2, 0) is 27.3 Å². The number of fused-ring (bicyclic) bond motifs is 1. The van der Waals surface area contributed by atoms with Crippen molar-refractivity contribution in [1.29, 1.82) is 0 Å². The van der Waals surface area contributed by atoms with Crippen LogP contribution in [0, 0.1) is 0 Å². The molecule has 1 aromatic heterocycles. The summed E-state index contributed by atoms with van der Waals surface area (Å²) in [4.78, 5) is 34.5. The Balaban J connectivity index is 1.43. The van der Waals surface area contributed by atoms with Gasteiger partial charge in [-0.15, -0.1) is 0 Å². The van der Waals surface area contributed by atoms with E-state index in [4.69, 9.17) is 9.72 Å². The van der Waals surface area contributed by atoms with Crippen molar-refractivity contribution in [2.45, 2.75) is 32.2 Å². The molecule has 0 bridgehead atoms. The molecule has 166 valence electrons. The number of anilines is 1. The maximum absolute atomic E-state index is 13.0. The zero-order valence-corrected chi connectivity index (χ0v) is 18.4.